The normalized spacial score (nSPS) is 21.8. The second-order valence-corrected chi connectivity index (χ2v) is 9.42. The number of urea groups is 1. The molecular formula is C21H21ClF5N5O2. The number of imidazole rings is 1. The highest BCUT2D eigenvalue weighted by Gasteiger charge is 2.41. The molecule has 0 aromatic carbocycles. The van der Waals surface area contributed by atoms with Gasteiger partial charge in [0.1, 0.15) is 5.15 Å². The largest absolute Gasteiger partial charge is 0.419 e. The van der Waals surface area contributed by atoms with Crippen LogP contribution >= 0.6 is 11.6 Å². The summed E-state index contributed by atoms with van der Waals surface area (Å²) in [5, 5.41) is 0.665. The van der Waals surface area contributed by atoms with E-state index in [0.29, 0.717) is 5.56 Å². The number of fused-ring (bicyclic) bond motifs is 1. The molecule has 1 aliphatic heterocycles. The van der Waals surface area contributed by atoms with E-state index >= 15 is 0 Å². The van der Waals surface area contributed by atoms with Crippen molar-refractivity contribution in [1.82, 2.24) is 24.7 Å². The molecule has 0 atom stereocenters. The fourth-order valence-electron chi connectivity index (χ4n) is 4.63. The van der Waals surface area contributed by atoms with Crippen molar-refractivity contribution in [3.8, 4) is 0 Å². The number of rotatable bonds is 3. The summed E-state index contributed by atoms with van der Waals surface area (Å²) in [4.78, 5) is 31.0. The van der Waals surface area contributed by atoms with E-state index in [1.165, 1.54) is 11.1 Å². The highest BCUT2D eigenvalue weighted by atomic mass is 35.5. The first-order valence-corrected chi connectivity index (χ1v) is 11.4. The minimum atomic E-state index is -4.70. The van der Waals surface area contributed by atoms with Crippen LogP contribution in [0.4, 0.5) is 26.7 Å². The summed E-state index contributed by atoms with van der Waals surface area (Å²) in [6.45, 7) is 0.0968. The van der Waals surface area contributed by atoms with Crippen molar-refractivity contribution in [2.24, 2.45) is 0 Å². The van der Waals surface area contributed by atoms with E-state index in [2.05, 4.69) is 10.4 Å². The lowest BCUT2D eigenvalue weighted by Crippen LogP contribution is -2.62. The summed E-state index contributed by atoms with van der Waals surface area (Å²) >= 11 is 6.30. The van der Waals surface area contributed by atoms with Gasteiger partial charge in [-0.1, -0.05) is 11.6 Å². The average Bonchev–Trinajstić information content (AvgIpc) is 3.56. The van der Waals surface area contributed by atoms with Crippen LogP contribution in [0.25, 0.3) is 5.65 Å². The molecule has 3 heterocycles. The molecular weight excluding hydrogens is 485 g/mol. The molecule has 34 heavy (non-hydrogen) atoms. The van der Waals surface area contributed by atoms with Crippen molar-refractivity contribution in [1.29, 1.82) is 0 Å². The third-order valence-electron chi connectivity index (χ3n) is 6.67. The van der Waals surface area contributed by atoms with Crippen LogP contribution in [0.1, 0.15) is 66.1 Å². The number of pyridine rings is 1. The van der Waals surface area contributed by atoms with Gasteiger partial charge in [0.25, 0.3) is 5.91 Å². The molecule has 7 nitrogen and oxygen atoms in total. The quantitative estimate of drug-likeness (QED) is 0.607. The Labute approximate surface area is 195 Å². The van der Waals surface area contributed by atoms with Gasteiger partial charge < -0.3 is 4.90 Å². The maximum absolute atomic E-state index is 13.7. The SMILES string of the molecule is O=C(c1nc2c(C(F)(F)F)cc(C3CC3)cn2c1Cl)N1CCN(C2CCC(F)(F)CC2)C(=O)N1. The fraction of sp³-hybridized carbons (Fsp3) is 0.571. The van der Waals surface area contributed by atoms with Gasteiger partial charge in [-0.3, -0.25) is 9.20 Å². The van der Waals surface area contributed by atoms with Crippen molar-refractivity contribution in [3.05, 3.63) is 34.2 Å². The highest BCUT2D eigenvalue weighted by Crippen LogP contribution is 2.43. The monoisotopic (exact) mass is 505 g/mol. The zero-order valence-electron chi connectivity index (χ0n) is 17.8. The first-order valence-electron chi connectivity index (χ1n) is 11.0. The van der Waals surface area contributed by atoms with Crippen molar-refractivity contribution in [2.75, 3.05) is 13.1 Å². The van der Waals surface area contributed by atoms with Gasteiger partial charge in [-0.05, 0) is 43.2 Å². The lowest BCUT2D eigenvalue weighted by atomic mass is 9.91. The highest BCUT2D eigenvalue weighted by molar-refractivity contribution is 6.33. The van der Waals surface area contributed by atoms with Crippen LogP contribution in [0, 0.1) is 0 Å². The molecule has 0 bridgehead atoms. The first-order chi connectivity index (χ1) is 15.9. The Morgan fingerprint density at radius 3 is 2.41 bits per heavy atom. The van der Waals surface area contributed by atoms with E-state index in [-0.39, 0.29) is 55.9 Å². The summed E-state index contributed by atoms with van der Waals surface area (Å²) in [5.41, 5.74) is 0.978. The molecule has 0 spiro atoms. The Hall–Kier alpha value is -2.63. The van der Waals surface area contributed by atoms with Crippen LogP contribution in [0.5, 0.6) is 0 Å². The molecule has 3 amide bonds. The second-order valence-electron chi connectivity index (χ2n) is 9.06. The summed E-state index contributed by atoms with van der Waals surface area (Å²) in [6.07, 6.45) is -2.02. The Bertz CT molecular complexity index is 1150. The lowest BCUT2D eigenvalue weighted by molar-refractivity contribution is -0.136. The molecule has 184 valence electrons. The van der Waals surface area contributed by atoms with E-state index in [9.17, 15) is 31.5 Å². The van der Waals surface area contributed by atoms with Gasteiger partial charge in [-0.25, -0.2) is 29.0 Å². The number of carbonyl (C=O) groups excluding carboxylic acids is 2. The van der Waals surface area contributed by atoms with E-state index < -0.39 is 40.9 Å². The summed E-state index contributed by atoms with van der Waals surface area (Å²) < 4.78 is 69.0. The summed E-state index contributed by atoms with van der Waals surface area (Å²) in [6, 6.07) is 0.0336. The molecule has 2 aromatic heterocycles. The van der Waals surface area contributed by atoms with Gasteiger partial charge in [-0.2, -0.15) is 13.2 Å². The minimum absolute atomic E-state index is 0.00111. The third-order valence-corrected chi connectivity index (χ3v) is 7.03. The van der Waals surface area contributed by atoms with E-state index in [1.807, 2.05) is 0 Å². The van der Waals surface area contributed by atoms with E-state index in [4.69, 9.17) is 11.6 Å². The van der Waals surface area contributed by atoms with E-state index in [1.54, 1.807) is 0 Å². The number of hydrogen-bond donors (Lipinski definition) is 1. The Morgan fingerprint density at radius 2 is 1.82 bits per heavy atom. The molecule has 1 saturated heterocycles. The smallest absolute Gasteiger partial charge is 0.319 e. The predicted octanol–water partition coefficient (Wildman–Crippen LogP) is 4.84. The number of aromatic nitrogens is 2. The van der Waals surface area contributed by atoms with Gasteiger partial charge in [0.05, 0.1) is 12.1 Å². The predicted molar refractivity (Wildman–Crippen MR) is 111 cm³/mol. The minimum Gasteiger partial charge on any atom is -0.319 e. The Morgan fingerprint density at radius 1 is 1.15 bits per heavy atom. The third kappa shape index (κ3) is 4.16. The first kappa shape index (κ1) is 23.1. The zero-order valence-corrected chi connectivity index (χ0v) is 18.6. The number of hydrazine groups is 1. The van der Waals surface area contributed by atoms with Crippen LogP contribution in [0.15, 0.2) is 12.3 Å². The molecule has 2 aromatic rings. The van der Waals surface area contributed by atoms with Crippen molar-refractivity contribution < 1.29 is 31.5 Å². The molecule has 5 rings (SSSR count). The van der Waals surface area contributed by atoms with Crippen LogP contribution in [-0.2, 0) is 6.18 Å². The standard InChI is InChI=1S/C21H21ClF5N5O2/c22-16-15(28-17-14(21(25,26)27)9-12(10-31(16)17)11-1-2-11)18(33)32-8-7-30(19(34)29-32)13-3-5-20(23,24)6-4-13/h9-11,13H,1-8H2,(H,29,34). The fourth-order valence-corrected chi connectivity index (χ4v) is 4.88. The molecule has 13 heteroatoms. The average molecular weight is 506 g/mol. The van der Waals surface area contributed by atoms with Crippen molar-refractivity contribution in [3.63, 3.8) is 0 Å². The zero-order chi connectivity index (χ0) is 24.4. The van der Waals surface area contributed by atoms with Gasteiger partial charge >= 0.3 is 12.2 Å². The maximum atomic E-state index is 13.7. The molecule has 3 fully saturated rings. The lowest BCUT2D eigenvalue weighted by Gasteiger charge is -2.41. The maximum Gasteiger partial charge on any atom is 0.419 e. The van der Waals surface area contributed by atoms with E-state index in [0.717, 1.165) is 28.3 Å². The van der Waals surface area contributed by atoms with Gasteiger partial charge in [0.15, 0.2) is 11.3 Å². The van der Waals surface area contributed by atoms with Crippen LogP contribution < -0.4 is 5.43 Å². The molecule has 1 N–H and O–H groups in total. The van der Waals surface area contributed by atoms with Crippen molar-refractivity contribution >= 4 is 29.2 Å². The van der Waals surface area contributed by atoms with Crippen LogP contribution in [0.2, 0.25) is 5.15 Å². The number of hydrogen-bond acceptors (Lipinski definition) is 3. The summed E-state index contributed by atoms with van der Waals surface area (Å²) in [5.74, 6) is -3.58. The number of alkyl halides is 5. The van der Waals surface area contributed by atoms with Crippen molar-refractivity contribution in [2.45, 2.75) is 62.6 Å². The number of nitrogens with one attached hydrogen (secondary N) is 1. The molecule has 0 unspecified atom stereocenters. The molecule has 0 radical (unpaired) electrons. The number of carbonyl (C=O) groups is 2. The number of nitrogens with zero attached hydrogens (tertiary/aromatic N) is 4. The molecule has 3 aliphatic rings. The van der Waals surface area contributed by atoms with Crippen LogP contribution in [-0.4, -0.2) is 56.3 Å². The number of halogens is 6. The summed E-state index contributed by atoms with van der Waals surface area (Å²) in [7, 11) is 0. The topological polar surface area (TPSA) is 70.0 Å². The second kappa shape index (κ2) is 7.96. The number of amides is 3. The van der Waals surface area contributed by atoms with Gasteiger partial charge in [0, 0.05) is 31.6 Å². The van der Waals surface area contributed by atoms with Gasteiger partial charge in [0.2, 0.25) is 5.92 Å². The Kier molecular flexibility index (Phi) is 5.41. The van der Waals surface area contributed by atoms with Gasteiger partial charge in [-0.15, -0.1) is 0 Å². The molecule has 2 saturated carbocycles. The Balaban J connectivity index is 1.38. The molecule has 2 aliphatic carbocycles. The van der Waals surface area contributed by atoms with Crippen LogP contribution in [0.3, 0.4) is 0 Å².